The molecule has 0 aliphatic carbocycles. The van der Waals surface area contributed by atoms with E-state index in [0.29, 0.717) is 58.8 Å². The lowest BCUT2D eigenvalue weighted by Crippen LogP contribution is -2.16. The van der Waals surface area contributed by atoms with E-state index in [2.05, 4.69) is 20.3 Å². The highest BCUT2D eigenvalue weighted by molar-refractivity contribution is 6.03. The maximum atomic E-state index is 13.1. The number of anilines is 2. The van der Waals surface area contributed by atoms with E-state index in [9.17, 15) is 14.4 Å². The van der Waals surface area contributed by atoms with Crippen LogP contribution in [0.25, 0.3) is 22.1 Å². The Hall–Kier alpha value is -5.46. The fourth-order valence-electron chi connectivity index (χ4n) is 4.46. The van der Waals surface area contributed by atoms with Crippen LogP contribution in [0.1, 0.15) is 49.8 Å². The average molecular weight is 542 g/mol. The van der Waals surface area contributed by atoms with Gasteiger partial charge in [-0.15, -0.1) is 0 Å². The zero-order chi connectivity index (χ0) is 28.6. The number of nitrogen functional groups attached to an aromatic ring is 1. The molecule has 5 aromatic rings. The van der Waals surface area contributed by atoms with Crippen molar-refractivity contribution in [3.63, 3.8) is 0 Å². The molecule has 5 rings (SSSR count). The molecular formula is C27H27N9O4. The van der Waals surface area contributed by atoms with Crippen molar-refractivity contribution in [2.45, 2.75) is 33.4 Å². The summed E-state index contributed by atoms with van der Waals surface area (Å²) < 4.78 is 9.11. The van der Waals surface area contributed by atoms with E-state index in [1.54, 1.807) is 52.5 Å². The summed E-state index contributed by atoms with van der Waals surface area (Å²) >= 11 is 0. The summed E-state index contributed by atoms with van der Waals surface area (Å²) in [5, 5.41) is 2.81. The van der Waals surface area contributed by atoms with Gasteiger partial charge >= 0.3 is 0 Å². The van der Waals surface area contributed by atoms with E-state index in [4.69, 9.17) is 21.6 Å². The molecular weight excluding hydrogens is 514 g/mol. The summed E-state index contributed by atoms with van der Waals surface area (Å²) in [7, 11) is 0. The first kappa shape index (κ1) is 26.2. The molecule has 0 bridgehead atoms. The van der Waals surface area contributed by atoms with Crippen LogP contribution in [-0.4, -0.2) is 41.8 Å². The van der Waals surface area contributed by atoms with Crippen molar-refractivity contribution in [1.29, 1.82) is 0 Å². The minimum Gasteiger partial charge on any atom is -0.436 e. The van der Waals surface area contributed by atoms with Gasteiger partial charge in [-0.25, -0.2) is 15.0 Å². The van der Waals surface area contributed by atoms with Gasteiger partial charge in [-0.05, 0) is 42.8 Å². The maximum Gasteiger partial charge on any atom is 0.295 e. The molecule has 13 heteroatoms. The number of nitrogens with two attached hydrogens (primary N) is 3. The third-order valence-electron chi connectivity index (χ3n) is 6.41. The number of carbonyl (C=O) groups is 3. The number of carbonyl (C=O) groups excluding carboxylic acids is 3. The summed E-state index contributed by atoms with van der Waals surface area (Å²) in [5.41, 5.74) is 20.6. The molecule has 0 aliphatic heterocycles. The van der Waals surface area contributed by atoms with Gasteiger partial charge in [-0.1, -0.05) is 19.1 Å². The Bertz CT molecular complexity index is 1830. The lowest BCUT2D eigenvalue weighted by molar-refractivity contribution is 0.0987. The first-order chi connectivity index (χ1) is 19.2. The number of amides is 3. The van der Waals surface area contributed by atoms with E-state index < -0.39 is 17.7 Å². The number of imidazole rings is 2. The lowest BCUT2D eigenvalue weighted by Gasteiger charge is -2.08. The van der Waals surface area contributed by atoms with Gasteiger partial charge in [0.15, 0.2) is 5.89 Å². The van der Waals surface area contributed by atoms with Crippen LogP contribution in [-0.2, 0) is 19.5 Å². The third kappa shape index (κ3) is 4.87. The number of benzene rings is 2. The largest absolute Gasteiger partial charge is 0.436 e. The van der Waals surface area contributed by atoms with Gasteiger partial charge in [0, 0.05) is 31.1 Å². The number of oxazole rings is 1. The molecule has 2 aromatic carbocycles. The fraction of sp³-hybridized carbons (Fsp3) is 0.185. The predicted octanol–water partition coefficient (Wildman–Crippen LogP) is 2.53. The van der Waals surface area contributed by atoms with E-state index in [-0.39, 0.29) is 17.7 Å². The van der Waals surface area contributed by atoms with Crippen molar-refractivity contribution in [2.75, 3.05) is 11.1 Å². The van der Waals surface area contributed by atoms with Crippen molar-refractivity contribution in [3.8, 4) is 0 Å². The van der Waals surface area contributed by atoms with E-state index in [0.717, 1.165) is 5.52 Å². The van der Waals surface area contributed by atoms with E-state index >= 15 is 0 Å². The van der Waals surface area contributed by atoms with Crippen LogP contribution in [0.2, 0.25) is 0 Å². The van der Waals surface area contributed by atoms with Crippen molar-refractivity contribution in [1.82, 2.24) is 24.1 Å². The molecule has 13 nitrogen and oxygen atoms in total. The number of rotatable bonds is 9. The van der Waals surface area contributed by atoms with Gasteiger partial charge in [-0.2, -0.15) is 0 Å². The SMILES string of the molecule is CCc1nc(C)oc1C(=O)Nc1nc2cc(C(N)=O)ccc2n1C/C=C/Cn1c(N)nc2cc(C(N)=O)ccc21. The number of nitrogens with one attached hydrogen (secondary N) is 1. The number of fused-ring (bicyclic) bond motifs is 2. The van der Waals surface area contributed by atoms with Crippen molar-refractivity contribution >= 4 is 51.7 Å². The molecule has 0 aliphatic rings. The second-order valence-electron chi connectivity index (χ2n) is 9.05. The number of aryl methyl sites for hydroxylation is 2. The molecule has 7 N–H and O–H groups in total. The number of allylic oxidation sites excluding steroid dienone is 2. The zero-order valence-electron chi connectivity index (χ0n) is 21.8. The molecule has 204 valence electrons. The summed E-state index contributed by atoms with van der Waals surface area (Å²) in [4.78, 5) is 49.4. The van der Waals surface area contributed by atoms with Gasteiger partial charge in [0.25, 0.3) is 5.91 Å². The highest BCUT2D eigenvalue weighted by atomic mass is 16.4. The Balaban J connectivity index is 1.43. The van der Waals surface area contributed by atoms with Crippen LogP contribution >= 0.6 is 0 Å². The number of hydrogen-bond donors (Lipinski definition) is 4. The molecule has 0 unspecified atom stereocenters. The summed E-state index contributed by atoms with van der Waals surface area (Å²) in [6.45, 7) is 4.28. The molecule has 0 atom stereocenters. The summed E-state index contributed by atoms with van der Waals surface area (Å²) in [6, 6.07) is 9.86. The molecule has 40 heavy (non-hydrogen) atoms. The second kappa shape index (κ2) is 10.4. The monoisotopic (exact) mass is 541 g/mol. The first-order valence-corrected chi connectivity index (χ1v) is 12.4. The number of nitrogens with zero attached hydrogens (tertiary/aromatic N) is 5. The van der Waals surface area contributed by atoms with Crippen molar-refractivity contribution in [3.05, 3.63) is 77.0 Å². The van der Waals surface area contributed by atoms with Crippen LogP contribution in [0.4, 0.5) is 11.9 Å². The molecule has 3 heterocycles. The lowest BCUT2D eigenvalue weighted by atomic mass is 10.2. The Morgan fingerprint density at radius 1 is 0.900 bits per heavy atom. The smallest absolute Gasteiger partial charge is 0.295 e. The topological polar surface area (TPSA) is 203 Å². The van der Waals surface area contributed by atoms with Gasteiger partial charge in [0.1, 0.15) is 0 Å². The van der Waals surface area contributed by atoms with Gasteiger partial charge in [0.2, 0.25) is 29.5 Å². The van der Waals surface area contributed by atoms with Crippen LogP contribution in [0.5, 0.6) is 0 Å². The van der Waals surface area contributed by atoms with E-state index in [1.807, 2.05) is 19.1 Å². The average Bonchev–Trinajstić information content (AvgIpc) is 3.57. The molecule has 0 radical (unpaired) electrons. The Kier molecular flexibility index (Phi) is 6.78. The minimum atomic E-state index is -0.584. The Morgan fingerprint density at radius 3 is 2.08 bits per heavy atom. The minimum absolute atomic E-state index is 0.119. The number of aromatic nitrogens is 5. The predicted molar refractivity (Wildman–Crippen MR) is 149 cm³/mol. The van der Waals surface area contributed by atoms with Crippen LogP contribution in [0.15, 0.2) is 53.0 Å². The quantitative estimate of drug-likeness (QED) is 0.204. The highest BCUT2D eigenvalue weighted by Gasteiger charge is 2.21. The molecule has 0 saturated heterocycles. The maximum absolute atomic E-state index is 13.1. The number of hydrogen-bond acceptors (Lipinski definition) is 8. The third-order valence-corrected chi connectivity index (χ3v) is 6.41. The van der Waals surface area contributed by atoms with Crippen molar-refractivity contribution < 1.29 is 18.8 Å². The number of primary amides is 2. The Morgan fingerprint density at radius 2 is 1.48 bits per heavy atom. The first-order valence-electron chi connectivity index (χ1n) is 12.4. The standard InChI is InChI=1S/C27H27N9O4/c1-3-17-22(40-14(2)31-17)25(39)34-27-33-19-13-16(24(29)38)7-9-21(19)36(27)11-5-4-10-35-20-8-6-15(23(28)37)12-18(20)32-26(35)30/h4-9,12-13H,3,10-11H2,1-2H3,(H2,28,37)(H2,29,38)(H2,30,32)(H,33,34,39)/b5-4+. The summed E-state index contributed by atoms with van der Waals surface area (Å²) in [5.74, 6) is -0.557. The molecule has 0 fully saturated rings. The molecule has 0 spiro atoms. The second-order valence-corrected chi connectivity index (χ2v) is 9.05. The Labute approximate surface area is 227 Å². The summed E-state index contributed by atoms with van der Waals surface area (Å²) in [6.07, 6.45) is 4.30. The molecule has 0 saturated carbocycles. The van der Waals surface area contributed by atoms with Crippen LogP contribution < -0.4 is 22.5 Å². The zero-order valence-corrected chi connectivity index (χ0v) is 21.8. The van der Waals surface area contributed by atoms with E-state index in [1.165, 1.54) is 0 Å². The molecule has 3 amide bonds. The van der Waals surface area contributed by atoms with Gasteiger partial charge in [-0.3, -0.25) is 19.7 Å². The molecule has 3 aromatic heterocycles. The highest BCUT2D eigenvalue weighted by Crippen LogP contribution is 2.23. The van der Waals surface area contributed by atoms with Crippen molar-refractivity contribution in [2.24, 2.45) is 11.5 Å². The van der Waals surface area contributed by atoms with Gasteiger partial charge < -0.3 is 30.8 Å². The van der Waals surface area contributed by atoms with Crippen LogP contribution in [0, 0.1) is 6.92 Å². The van der Waals surface area contributed by atoms with Crippen LogP contribution in [0.3, 0.4) is 0 Å². The normalized spacial score (nSPS) is 11.6. The fourth-order valence-corrected chi connectivity index (χ4v) is 4.46. The van der Waals surface area contributed by atoms with Gasteiger partial charge in [0.05, 0.1) is 27.8 Å².